The molecule has 2 N–H and O–H groups in total. The molecule has 0 saturated carbocycles. The van der Waals surface area contributed by atoms with Gasteiger partial charge in [0.1, 0.15) is 17.0 Å². The van der Waals surface area contributed by atoms with Crippen molar-refractivity contribution in [3.8, 4) is 11.1 Å². The minimum Gasteiger partial charge on any atom is -0.481 e. The first-order valence-electron chi connectivity index (χ1n) is 9.97. The first-order chi connectivity index (χ1) is 15.3. The second-order valence-electron chi connectivity index (χ2n) is 7.57. The van der Waals surface area contributed by atoms with Crippen molar-refractivity contribution in [3.05, 3.63) is 69.5 Å². The summed E-state index contributed by atoms with van der Waals surface area (Å²) in [5.74, 6) is -1.83. The lowest BCUT2D eigenvalue weighted by molar-refractivity contribution is -0.136. The fourth-order valence-electron chi connectivity index (χ4n) is 3.79. The van der Waals surface area contributed by atoms with Crippen molar-refractivity contribution in [2.24, 2.45) is 0 Å². The van der Waals surface area contributed by atoms with Crippen LogP contribution in [0.4, 0.5) is 4.39 Å². The molecule has 8 heteroatoms. The molecule has 2 heterocycles. The van der Waals surface area contributed by atoms with E-state index < -0.39 is 17.5 Å². The quantitative estimate of drug-likeness (QED) is 0.440. The highest BCUT2D eigenvalue weighted by molar-refractivity contribution is 6.05. The highest BCUT2D eigenvalue weighted by Crippen LogP contribution is 2.37. The van der Waals surface area contributed by atoms with E-state index in [1.54, 1.807) is 32.2 Å². The first-order valence-corrected chi connectivity index (χ1v) is 9.97. The van der Waals surface area contributed by atoms with Crippen LogP contribution in [-0.2, 0) is 16.0 Å². The lowest BCUT2D eigenvalue weighted by Crippen LogP contribution is -2.29. The van der Waals surface area contributed by atoms with E-state index in [1.165, 1.54) is 12.1 Å². The Hall–Kier alpha value is -3.94. The number of carboxylic acid groups (broad SMARTS) is 1. The van der Waals surface area contributed by atoms with Gasteiger partial charge in [0.25, 0.3) is 0 Å². The standard InChI is InChI=1S/C24H20FNO6/c1-12-16-9-18-19(14-3-5-15(25)6-4-14)11-31-22(18)13(2)23(16)32-24(30)17(12)10-20(27)26-8-7-21(28)29/h3-6,9,11H,7-8,10H2,1-2H3,(H,26,27)(H,28,29). The molecule has 32 heavy (non-hydrogen) atoms. The molecule has 4 aromatic rings. The van der Waals surface area contributed by atoms with Crippen molar-refractivity contribution < 1.29 is 27.9 Å². The van der Waals surface area contributed by atoms with Gasteiger partial charge < -0.3 is 19.3 Å². The van der Waals surface area contributed by atoms with Crippen LogP contribution in [0.1, 0.15) is 23.1 Å². The van der Waals surface area contributed by atoms with Crippen LogP contribution in [0.15, 0.2) is 50.2 Å². The Morgan fingerprint density at radius 3 is 2.47 bits per heavy atom. The summed E-state index contributed by atoms with van der Waals surface area (Å²) in [6, 6.07) is 7.89. The van der Waals surface area contributed by atoms with E-state index in [-0.39, 0.29) is 30.8 Å². The van der Waals surface area contributed by atoms with Crippen LogP contribution in [0, 0.1) is 19.7 Å². The maximum Gasteiger partial charge on any atom is 0.340 e. The van der Waals surface area contributed by atoms with Gasteiger partial charge in [-0.15, -0.1) is 0 Å². The zero-order valence-corrected chi connectivity index (χ0v) is 17.5. The van der Waals surface area contributed by atoms with Crippen molar-refractivity contribution in [2.45, 2.75) is 26.7 Å². The first kappa shape index (κ1) is 21.3. The molecular weight excluding hydrogens is 417 g/mol. The molecule has 7 nitrogen and oxygen atoms in total. The van der Waals surface area contributed by atoms with Crippen LogP contribution < -0.4 is 10.9 Å². The van der Waals surface area contributed by atoms with Crippen LogP contribution in [0.5, 0.6) is 0 Å². The Morgan fingerprint density at radius 2 is 1.78 bits per heavy atom. The van der Waals surface area contributed by atoms with E-state index in [0.29, 0.717) is 27.7 Å². The Morgan fingerprint density at radius 1 is 1.06 bits per heavy atom. The summed E-state index contributed by atoms with van der Waals surface area (Å²) in [4.78, 5) is 35.4. The van der Waals surface area contributed by atoms with Crippen LogP contribution in [0.3, 0.4) is 0 Å². The van der Waals surface area contributed by atoms with Crippen molar-refractivity contribution in [1.82, 2.24) is 5.32 Å². The third-order valence-electron chi connectivity index (χ3n) is 5.50. The number of aryl methyl sites for hydroxylation is 2. The largest absolute Gasteiger partial charge is 0.481 e. The smallest absolute Gasteiger partial charge is 0.340 e. The van der Waals surface area contributed by atoms with Crippen LogP contribution in [0.2, 0.25) is 0 Å². The lowest BCUT2D eigenvalue weighted by Gasteiger charge is -2.10. The molecule has 0 saturated heterocycles. The summed E-state index contributed by atoms with van der Waals surface area (Å²) < 4.78 is 24.6. The number of halogens is 1. The number of fused-ring (bicyclic) bond motifs is 2. The third-order valence-corrected chi connectivity index (χ3v) is 5.50. The van der Waals surface area contributed by atoms with Gasteiger partial charge in [-0.05, 0) is 43.2 Å². The number of hydrogen-bond donors (Lipinski definition) is 2. The van der Waals surface area contributed by atoms with E-state index >= 15 is 0 Å². The number of nitrogens with one attached hydrogen (secondary N) is 1. The van der Waals surface area contributed by atoms with E-state index in [1.807, 2.05) is 6.07 Å². The lowest BCUT2D eigenvalue weighted by atomic mass is 9.97. The summed E-state index contributed by atoms with van der Waals surface area (Å²) in [6.07, 6.45) is 1.14. The van der Waals surface area contributed by atoms with Crippen LogP contribution >= 0.6 is 0 Å². The van der Waals surface area contributed by atoms with E-state index in [4.69, 9.17) is 13.9 Å². The molecule has 1 amide bonds. The van der Waals surface area contributed by atoms with Crippen molar-refractivity contribution in [2.75, 3.05) is 6.54 Å². The normalized spacial score (nSPS) is 11.2. The maximum absolute atomic E-state index is 13.3. The molecule has 2 aromatic carbocycles. The van der Waals surface area contributed by atoms with Gasteiger partial charge in [0.05, 0.1) is 24.7 Å². The highest BCUT2D eigenvalue weighted by Gasteiger charge is 2.20. The molecule has 0 atom stereocenters. The molecule has 0 fully saturated rings. The topological polar surface area (TPSA) is 110 Å². The third kappa shape index (κ3) is 3.87. The van der Waals surface area contributed by atoms with Gasteiger partial charge >= 0.3 is 11.6 Å². The second-order valence-corrected chi connectivity index (χ2v) is 7.57. The maximum atomic E-state index is 13.3. The minimum atomic E-state index is -1.02. The number of aliphatic carboxylic acids is 1. The van der Waals surface area contributed by atoms with Gasteiger partial charge in [-0.1, -0.05) is 12.1 Å². The summed E-state index contributed by atoms with van der Waals surface area (Å²) >= 11 is 0. The number of benzene rings is 2. The molecule has 0 aliphatic carbocycles. The van der Waals surface area contributed by atoms with Crippen molar-refractivity contribution >= 4 is 33.8 Å². The second kappa shape index (κ2) is 8.30. The molecule has 4 rings (SSSR count). The number of rotatable bonds is 6. The van der Waals surface area contributed by atoms with Crippen LogP contribution in [-0.4, -0.2) is 23.5 Å². The molecule has 0 aliphatic rings. The molecule has 0 spiro atoms. The highest BCUT2D eigenvalue weighted by atomic mass is 19.1. The van der Waals surface area contributed by atoms with E-state index in [2.05, 4.69) is 5.32 Å². The monoisotopic (exact) mass is 437 g/mol. The number of furan rings is 1. The SMILES string of the molecule is Cc1c(CC(=O)NCCC(=O)O)c(=O)oc2c(C)c3occ(-c4ccc(F)cc4)c3cc12. The van der Waals surface area contributed by atoms with Crippen molar-refractivity contribution in [1.29, 1.82) is 0 Å². The molecular formula is C24H20FNO6. The summed E-state index contributed by atoms with van der Waals surface area (Å²) in [6.45, 7) is 3.49. The van der Waals surface area contributed by atoms with E-state index in [9.17, 15) is 18.8 Å². The molecule has 0 bridgehead atoms. The summed E-state index contributed by atoms with van der Waals surface area (Å²) in [5, 5.41) is 12.6. The molecule has 2 aromatic heterocycles. The molecule has 0 radical (unpaired) electrons. The number of amides is 1. The van der Waals surface area contributed by atoms with Crippen molar-refractivity contribution in [3.63, 3.8) is 0 Å². The predicted octanol–water partition coefficient (Wildman–Crippen LogP) is 4.10. The summed E-state index contributed by atoms with van der Waals surface area (Å²) in [5.41, 5.74) is 3.28. The zero-order chi connectivity index (χ0) is 23.0. The molecule has 164 valence electrons. The zero-order valence-electron chi connectivity index (χ0n) is 17.5. The number of carbonyl (C=O) groups excluding carboxylic acids is 1. The number of hydrogen-bond acceptors (Lipinski definition) is 5. The number of carboxylic acids is 1. The van der Waals surface area contributed by atoms with Gasteiger partial charge in [-0.2, -0.15) is 0 Å². The Kier molecular flexibility index (Phi) is 5.52. The van der Waals surface area contributed by atoms with Gasteiger partial charge in [0.15, 0.2) is 0 Å². The molecule has 0 aliphatic heterocycles. The fraction of sp³-hybridized carbons (Fsp3) is 0.208. The average Bonchev–Trinajstić information content (AvgIpc) is 3.17. The number of carbonyl (C=O) groups is 2. The van der Waals surface area contributed by atoms with Gasteiger partial charge in [-0.3, -0.25) is 9.59 Å². The fourth-order valence-corrected chi connectivity index (χ4v) is 3.79. The van der Waals surface area contributed by atoms with E-state index in [0.717, 1.165) is 16.5 Å². The molecule has 0 unspecified atom stereocenters. The Labute approximate surface area is 181 Å². The average molecular weight is 437 g/mol. The van der Waals surface area contributed by atoms with Crippen LogP contribution in [0.25, 0.3) is 33.1 Å². The van der Waals surface area contributed by atoms with Gasteiger partial charge in [-0.25, -0.2) is 9.18 Å². The van der Waals surface area contributed by atoms with Gasteiger partial charge in [0.2, 0.25) is 5.91 Å². The summed E-state index contributed by atoms with van der Waals surface area (Å²) in [7, 11) is 0. The Bertz CT molecular complexity index is 1410. The minimum absolute atomic E-state index is 0.0259. The predicted molar refractivity (Wildman–Crippen MR) is 116 cm³/mol. The Balaban J connectivity index is 1.80. The van der Waals surface area contributed by atoms with Gasteiger partial charge in [0, 0.05) is 28.4 Å².